The molecule has 4 nitrogen and oxygen atoms in total. The Morgan fingerprint density at radius 2 is 2.11 bits per heavy atom. The summed E-state index contributed by atoms with van der Waals surface area (Å²) in [6.07, 6.45) is 1.76. The largest absolute Gasteiger partial charge is 0.338 e. The molecule has 0 amide bonds. The average Bonchev–Trinajstić information content (AvgIpc) is 2.81. The maximum absolute atomic E-state index is 5.60. The van der Waals surface area contributed by atoms with Crippen LogP contribution in [0.2, 0.25) is 0 Å². The Balaban J connectivity index is 2.13. The summed E-state index contributed by atoms with van der Waals surface area (Å²) < 4.78 is 0. The number of pyridine rings is 1. The lowest BCUT2D eigenvalue weighted by atomic mass is 10.2. The quantitative estimate of drug-likeness (QED) is 0.720. The van der Waals surface area contributed by atoms with E-state index in [1.54, 1.807) is 6.20 Å². The number of aryl methyl sites for hydroxylation is 1. The molecule has 2 aromatic heterocycles. The molecule has 90 valence electrons. The van der Waals surface area contributed by atoms with E-state index in [0.717, 1.165) is 28.1 Å². The van der Waals surface area contributed by atoms with Crippen LogP contribution in [-0.4, -0.2) is 15.0 Å². The molecule has 0 aliphatic heterocycles. The summed E-state index contributed by atoms with van der Waals surface area (Å²) in [7, 11) is 0. The molecule has 0 fully saturated rings. The minimum absolute atomic E-state index is 0.438. The van der Waals surface area contributed by atoms with Crippen LogP contribution in [0.3, 0.4) is 0 Å². The number of nitrogens with two attached hydrogens (primary N) is 1. The first-order chi connectivity index (χ1) is 8.76. The topological polar surface area (TPSA) is 67.6 Å². The van der Waals surface area contributed by atoms with Gasteiger partial charge in [-0.05, 0) is 36.8 Å². The lowest BCUT2D eigenvalue weighted by Gasteiger charge is -1.99. The second-order valence-electron chi connectivity index (χ2n) is 4.35. The molecule has 18 heavy (non-hydrogen) atoms. The highest BCUT2D eigenvalue weighted by molar-refractivity contribution is 5.79. The van der Waals surface area contributed by atoms with Crippen LogP contribution >= 0.6 is 0 Å². The number of hydrogen-bond donors (Lipinski definition) is 2. The SMILES string of the molecule is Cc1ccc2nc(-c3ccnc(CN)c3)[nH]c2c1. The van der Waals surface area contributed by atoms with Crippen LogP contribution in [0.15, 0.2) is 36.5 Å². The van der Waals surface area contributed by atoms with Crippen LogP contribution in [0.4, 0.5) is 0 Å². The fourth-order valence-corrected chi connectivity index (χ4v) is 2.00. The van der Waals surface area contributed by atoms with Gasteiger partial charge in [-0.25, -0.2) is 4.98 Å². The highest BCUT2D eigenvalue weighted by Crippen LogP contribution is 2.21. The van der Waals surface area contributed by atoms with Gasteiger partial charge in [0.05, 0.1) is 16.7 Å². The van der Waals surface area contributed by atoms with Gasteiger partial charge in [0.2, 0.25) is 0 Å². The van der Waals surface area contributed by atoms with Crippen molar-refractivity contribution >= 4 is 11.0 Å². The molecule has 1 aromatic carbocycles. The fraction of sp³-hybridized carbons (Fsp3) is 0.143. The van der Waals surface area contributed by atoms with Gasteiger partial charge >= 0.3 is 0 Å². The van der Waals surface area contributed by atoms with E-state index in [2.05, 4.69) is 34.0 Å². The lowest BCUT2D eigenvalue weighted by Crippen LogP contribution is -1.99. The van der Waals surface area contributed by atoms with Crippen molar-refractivity contribution in [2.24, 2.45) is 5.73 Å². The highest BCUT2D eigenvalue weighted by Gasteiger charge is 2.06. The molecule has 0 aliphatic carbocycles. The normalized spacial score (nSPS) is 11.0. The predicted octanol–water partition coefficient (Wildman–Crippen LogP) is 2.39. The van der Waals surface area contributed by atoms with Crippen LogP contribution in [-0.2, 0) is 6.54 Å². The monoisotopic (exact) mass is 238 g/mol. The average molecular weight is 238 g/mol. The van der Waals surface area contributed by atoms with Crippen molar-refractivity contribution in [3.63, 3.8) is 0 Å². The van der Waals surface area contributed by atoms with Crippen molar-refractivity contribution in [1.82, 2.24) is 15.0 Å². The molecule has 3 aromatic rings. The number of benzene rings is 1. The van der Waals surface area contributed by atoms with Gasteiger partial charge in [0.1, 0.15) is 5.82 Å². The van der Waals surface area contributed by atoms with Gasteiger partial charge in [-0.1, -0.05) is 6.07 Å². The zero-order valence-electron chi connectivity index (χ0n) is 10.1. The van der Waals surface area contributed by atoms with E-state index in [0.29, 0.717) is 6.54 Å². The Hall–Kier alpha value is -2.20. The van der Waals surface area contributed by atoms with Crippen LogP contribution in [0.5, 0.6) is 0 Å². The van der Waals surface area contributed by atoms with Crippen molar-refractivity contribution < 1.29 is 0 Å². The molecule has 3 N–H and O–H groups in total. The zero-order chi connectivity index (χ0) is 12.5. The Morgan fingerprint density at radius 1 is 1.22 bits per heavy atom. The molecule has 0 aliphatic rings. The zero-order valence-corrected chi connectivity index (χ0v) is 10.1. The summed E-state index contributed by atoms with van der Waals surface area (Å²) in [6, 6.07) is 10.1. The van der Waals surface area contributed by atoms with Gasteiger partial charge in [-0.15, -0.1) is 0 Å². The standard InChI is InChI=1S/C14H14N4/c1-9-2-3-12-13(6-9)18-14(17-12)10-4-5-16-11(7-10)8-15/h2-7H,8,15H2,1H3,(H,17,18). The minimum atomic E-state index is 0.438. The highest BCUT2D eigenvalue weighted by atomic mass is 14.9. The van der Waals surface area contributed by atoms with Crippen molar-refractivity contribution in [1.29, 1.82) is 0 Å². The van der Waals surface area contributed by atoms with Gasteiger partial charge in [-0.3, -0.25) is 4.98 Å². The van der Waals surface area contributed by atoms with E-state index < -0.39 is 0 Å². The number of H-pyrrole nitrogens is 1. The van der Waals surface area contributed by atoms with Crippen LogP contribution in [0, 0.1) is 6.92 Å². The second kappa shape index (κ2) is 4.23. The number of nitrogens with one attached hydrogen (secondary N) is 1. The number of hydrogen-bond acceptors (Lipinski definition) is 3. The summed E-state index contributed by atoms with van der Waals surface area (Å²) in [5.41, 5.74) is 10.7. The molecule has 0 radical (unpaired) electrons. The minimum Gasteiger partial charge on any atom is -0.338 e. The van der Waals surface area contributed by atoms with Crippen LogP contribution in [0.25, 0.3) is 22.4 Å². The first-order valence-electron chi connectivity index (χ1n) is 5.88. The van der Waals surface area contributed by atoms with E-state index in [9.17, 15) is 0 Å². The summed E-state index contributed by atoms with van der Waals surface area (Å²) in [5, 5.41) is 0. The molecule has 3 rings (SSSR count). The molecule has 0 atom stereocenters. The first-order valence-corrected chi connectivity index (χ1v) is 5.88. The van der Waals surface area contributed by atoms with Gasteiger partial charge in [0, 0.05) is 18.3 Å². The molecule has 4 heteroatoms. The van der Waals surface area contributed by atoms with E-state index in [4.69, 9.17) is 5.73 Å². The number of nitrogens with zero attached hydrogens (tertiary/aromatic N) is 2. The fourth-order valence-electron chi connectivity index (χ4n) is 2.00. The van der Waals surface area contributed by atoms with E-state index in [1.807, 2.05) is 18.2 Å². The third-order valence-corrected chi connectivity index (χ3v) is 2.94. The van der Waals surface area contributed by atoms with E-state index >= 15 is 0 Å². The predicted molar refractivity (Wildman–Crippen MR) is 72.0 cm³/mol. The number of fused-ring (bicyclic) bond motifs is 1. The molecular formula is C14H14N4. The molecule has 2 heterocycles. The number of aromatic amines is 1. The summed E-state index contributed by atoms with van der Waals surface area (Å²) in [5.74, 6) is 0.854. The number of imidazole rings is 1. The maximum atomic E-state index is 5.60. The maximum Gasteiger partial charge on any atom is 0.138 e. The molecule has 0 unspecified atom stereocenters. The van der Waals surface area contributed by atoms with Crippen molar-refractivity contribution in [3.05, 3.63) is 47.8 Å². The van der Waals surface area contributed by atoms with Gasteiger partial charge in [0.15, 0.2) is 0 Å². The molecular weight excluding hydrogens is 224 g/mol. The molecule has 0 saturated carbocycles. The van der Waals surface area contributed by atoms with Crippen molar-refractivity contribution in [2.75, 3.05) is 0 Å². The summed E-state index contributed by atoms with van der Waals surface area (Å²) >= 11 is 0. The Kier molecular flexibility index (Phi) is 2.57. The molecule has 0 bridgehead atoms. The van der Waals surface area contributed by atoms with Crippen molar-refractivity contribution in [3.8, 4) is 11.4 Å². The Morgan fingerprint density at radius 3 is 2.94 bits per heavy atom. The number of aromatic nitrogens is 3. The van der Waals surface area contributed by atoms with Gasteiger partial charge in [-0.2, -0.15) is 0 Å². The first kappa shape index (κ1) is 10.9. The Bertz CT molecular complexity index is 700. The second-order valence-corrected chi connectivity index (χ2v) is 4.35. The van der Waals surface area contributed by atoms with Gasteiger partial charge < -0.3 is 10.7 Å². The third kappa shape index (κ3) is 1.87. The third-order valence-electron chi connectivity index (χ3n) is 2.94. The van der Waals surface area contributed by atoms with E-state index in [-0.39, 0.29) is 0 Å². The molecule has 0 saturated heterocycles. The van der Waals surface area contributed by atoms with E-state index in [1.165, 1.54) is 5.56 Å². The summed E-state index contributed by atoms with van der Waals surface area (Å²) in [6.45, 7) is 2.51. The van der Waals surface area contributed by atoms with Crippen LogP contribution in [0.1, 0.15) is 11.3 Å². The van der Waals surface area contributed by atoms with Gasteiger partial charge in [0.25, 0.3) is 0 Å². The summed E-state index contributed by atoms with van der Waals surface area (Å²) in [4.78, 5) is 12.1. The smallest absolute Gasteiger partial charge is 0.138 e. The Labute approximate surface area is 105 Å². The van der Waals surface area contributed by atoms with Crippen molar-refractivity contribution in [2.45, 2.75) is 13.5 Å². The van der Waals surface area contributed by atoms with Crippen LogP contribution < -0.4 is 5.73 Å². The molecule has 0 spiro atoms. The lowest BCUT2D eigenvalue weighted by molar-refractivity contribution is 0.990. The number of rotatable bonds is 2.